The highest BCUT2D eigenvalue weighted by atomic mass is 35.5. The molecule has 0 saturated heterocycles. The number of hydrogen-bond donors (Lipinski definition) is 1. The number of ether oxygens (including phenoxy) is 1. The van der Waals surface area contributed by atoms with E-state index in [2.05, 4.69) is 13.8 Å². The van der Waals surface area contributed by atoms with E-state index in [-0.39, 0.29) is 24.4 Å². The van der Waals surface area contributed by atoms with Gasteiger partial charge in [-0.25, -0.2) is 0 Å². The molecule has 0 aromatic rings. The highest BCUT2D eigenvalue weighted by Crippen LogP contribution is 2.26. The van der Waals surface area contributed by atoms with Crippen molar-refractivity contribution in [1.29, 1.82) is 0 Å². The SMILES string of the molecule is COCCN(CC(C)C)C(=O)CC1CCCCC1N.Cl. The molecule has 4 nitrogen and oxygen atoms in total. The van der Waals surface area contributed by atoms with Crippen LogP contribution in [-0.4, -0.2) is 43.7 Å². The summed E-state index contributed by atoms with van der Waals surface area (Å²) in [5.74, 6) is 1.10. The van der Waals surface area contributed by atoms with Crippen LogP contribution in [0.2, 0.25) is 0 Å². The number of carbonyl (C=O) groups excluding carboxylic acids is 1. The summed E-state index contributed by atoms with van der Waals surface area (Å²) < 4.78 is 5.10. The lowest BCUT2D eigenvalue weighted by atomic mass is 9.82. The second-order valence-electron chi connectivity index (χ2n) is 6.14. The topological polar surface area (TPSA) is 55.6 Å². The van der Waals surface area contributed by atoms with E-state index in [0.29, 0.717) is 31.4 Å². The summed E-state index contributed by atoms with van der Waals surface area (Å²) in [6, 6.07) is 0.209. The molecule has 0 aromatic heterocycles. The van der Waals surface area contributed by atoms with Crippen molar-refractivity contribution in [2.24, 2.45) is 17.6 Å². The third kappa shape index (κ3) is 6.91. The largest absolute Gasteiger partial charge is 0.383 e. The number of methoxy groups -OCH3 is 1. The molecule has 5 heteroatoms. The van der Waals surface area contributed by atoms with Gasteiger partial charge in [-0.1, -0.05) is 26.7 Å². The van der Waals surface area contributed by atoms with Crippen molar-refractivity contribution in [3.8, 4) is 0 Å². The molecule has 2 unspecified atom stereocenters. The van der Waals surface area contributed by atoms with E-state index in [0.717, 1.165) is 19.4 Å². The first-order valence-corrected chi connectivity index (χ1v) is 7.57. The molecule has 0 aromatic carbocycles. The standard InChI is InChI=1S/C15H30N2O2.ClH/c1-12(2)11-17(8-9-19-3)15(18)10-13-6-4-5-7-14(13)16;/h12-14H,4-11,16H2,1-3H3;1H. The lowest BCUT2D eigenvalue weighted by Crippen LogP contribution is -2.41. The van der Waals surface area contributed by atoms with Crippen LogP contribution in [0.4, 0.5) is 0 Å². The van der Waals surface area contributed by atoms with Gasteiger partial charge in [-0.15, -0.1) is 12.4 Å². The first-order chi connectivity index (χ1) is 9.04. The lowest BCUT2D eigenvalue weighted by molar-refractivity contribution is -0.133. The zero-order valence-corrected chi connectivity index (χ0v) is 14.0. The molecule has 0 heterocycles. The highest BCUT2D eigenvalue weighted by molar-refractivity contribution is 5.85. The second kappa shape index (κ2) is 10.4. The minimum atomic E-state index is 0. The molecule has 20 heavy (non-hydrogen) atoms. The number of hydrogen-bond acceptors (Lipinski definition) is 3. The maximum absolute atomic E-state index is 12.4. The van der Waals surface area contributed by atoms with Crippen LogP contribution in [0.3, 0.4) is 0 Å². The summed E-state index contributed by atoms with van der Waals surface area (Å²) in [5, 5.41) is 0. The predicted octanol–water partition coefficient (Wildman–Crippen LogP) is 2.45. The number of rotatable bonds is 7. The quantitative estimate of drug-likeness (QED) is 0.786. The first-order valence-electron chi connectivity index (χ1n) is 7.57. The molecule has 1 aliphatic carbocycles. The van der Waals surface area contributed by atoms with Gasteiger partial charge in [-0.2, -0.15) is 0 Å². The zero-order valence-electron chi connectivity index (χ0n) is 13.1. The Kier molecular flexibility index (Phi) is 10.2. The van der Waals surface area contributed by atoms with Crippen molar-refractivity contribution in [3.63, 3.8) is 0 Å². The average molecular weight is 307 g/mol. The molecule has 1 rings (SSSR count). The van der Waals surface area contributed by atoms with Crippen molar-refractivity contribution >= 4 is 18.3 Å². The molecule has 120 valence electrons. The maximum Gasteiger partial charge on any atom is 0.222 e. The molecule has 1 amide bonds. The van der Waals surface area contributed by atoms with Crippen LogP contribution in [0.15, 0.2) is 0 Å². The molecule has 2 N–H and O–H groups in total. The predicted molar refractivity (Wildman–Crippen MR) is 85.1 cm³/mol. The summed E-state index contributed by atoms with van der Waals surface area (Å²) >= 11 is 0. The van der Waals surface area contributed by atoms with Gasteiger partial charge < -0.3 is 15.4 Å². The Balaban J connectivity index is 0.00000361. The van der Waals surface area contributed by atoms with Crippen molar-refractivity contribution < 1.29 is 9.53 Å². The number of amides is 1. The van der Waals surface area contributed by atoms with Crippen LogP contribution in [0, 0.1) is 11.8 Å². The summed E-state index contributed by atoms with van der Waals surface area (Å²) in [5.41, 5.74) is 6.13. The Bertz CT molecular complexity index is 275. The van der Waals surface area contributed by atoms with E-state index in [9.17, 15) is 4.79 Å². The molecule has 0 bridgehead atoms. The van der Waals surface area contributed by atoms with Gasteiger partial charge in [0.25, 0.3) is 0 Å². The molecular formula is C15H31ClN2O2. The number of nitrogens with zero attached hydrogens (tertiary/aromatic N) is 1. The smallest absolute Gasteiger partial charge is 0.222 e. The number of carbonyl (C=O) groups is 1. The fraction of sp³-hybridized carbons (Fsp3) is 0.933. The Labute approximate surface area is 129 Å². The molecule has 0 aliphatic heterocycles. The van der Waals surface area contributed by atoms with E-state index >= 15 is 0 Å². The Morgan fingerprint density at radius 3 is 2.55 bits per heavy atom. The molecule has 1 saturated carbocycles. The molecule has 2 atom stereocenters. The summed E-state index contributed by atoms with van der Waals surface area (Å²) in [4.78, 5) is 14.4. The second-order valence-corrected chi connectivity index (χ2v) is 6.14. The molecular weight excluding hydrogens is 276 g/mol. The fourth-order valence-electron chi connectivity index (χ4n) is 2.80. The van der Waals surface area contributed by atoms with Crippen LogP contribution >= 0.6 is 12.4 Å². The summed E-state index contributed by atoms with van der Waals surface area (Å²) in [7, 11) is 1.68. The van der Waals surface area contributed by atoms with Gasteiger partial charge >= 0.3 is 0 Å². The highest BCUT2D eigenvalue weighted by Gasteiger charge is 2.26. The zero-order chi connectivity index (χ0) is 14.3. The van der Waals surface area contributed by atoms with Crippen molar-refractivity contribution in [1.82, 2.24) is 4.90 Å². The maximum atomic E-state index is 12.4. The van der Waals surface area contributed by atoms with Gasteiger partial charge in [0.1, 0.15) is 0 Å². The van der Waals surface area contributed by atoms with Crippen molar-refractivity contribution in [3.05, 3.63) is 0 Å². The summed E-state index contributed by atoms with van der Waals surface area (Å²) in [6.07, 6.45) is 5.21. The Morgan fingerprint density at radius 2 is 2.00 bits per heavy atom. The van der Waals surface area contributed by atoms with Gasteiger partial charge in [0.15, 0.2) is 0 Å². The van der Waals surface area contributed by atoms with Crippen LogP contribution in [0.25, 0.3) is 0 Å². The first kappa shape index (κ1) is 19.7. The van der Waals surface area contributed by atoms with Gasteiger partial charge in [0.05, 0.1) is 6.61 Å². The lowest BCUT2D eigenvalue weighted by Gasteiger charge is -2.31. The van der Waals surface area contributed by atoms with Gasteiger partial charge in [0.2, 0.25) is 5.91 Å². The third-order valence-electron chi connectivity index (χ3n) is 3.91. The molecule has 0 radical (unpaired) electrons. The van der Waals surface area contributed by atoms with Crippen molar-refractivity contribution in [2.45, 2.75) is 52.0 Å². The normalized spacial score (nSPS) is 22.4. The van der Waals surface area contributed by atoms with E-state index < -0.39 is 0 Å². The fourth-order valence-corrected chi connectivity index (χ4v) is 2.80. The van der Waals surface area contributed by atoms with Crippen LogP contribution in [0.1, 0.15) is 46.0 Å². The van der Waals surface area contributed by atoms with Crippen LogP contribution in [0.5, 0.6) is 0 Å². The molecule has 1 fully saturated rings. The minimum absolute atomic E-state index is 0. The number of nitrogens with two attached hydrogens (primary N) is 1. The van der Waals surface area contributed by atoms with Crippen molar-refractivity contribution in [2.75, 3.05) is 26.8 Å². The van der Waals surface area contributed by atoms with Gasteiger partial charge in [-0.05, 0) is 24.7 Å². The van der Waals surface area contributed by atoms with E-state index in [4.69, 9.17) is 10.5 Å². The Morgan fingerprint density at radius 1 is 1.35 bits per heavy atom. The Hall–Kier alpha value is -0.320. The molecule has 0 spiro atoms. The summed E-state index contributed by atoms with van der Waals surface area (Å²) in [6.45, 7) is 6.38. The average Bonchev–Trinajstić information content (AvgIpc) is 2.36. The third-order valence-corrected chi connectivity index (χ3v) is 3.91. The van der Waals surface area contributed by atoms with E-state index in [1.807, 2.05) is 4.90 Å². The van der Waals surface area contributed by atoms with Gasteiger partial charge in [-0.3, -0.25) is 4.79 Å². The van der Waals surface area contributed by atoms with E-state index in [1.165, 1.54) is 12.8 Å². The van der Waals surface area contributed by atoms with E-state index in [1.54, 1.807) is 7.11 Å². The number of halogens is 1. The van der Waals surface area contributed by atoms with Crippen LogP contribution < -0.4 is 5.73 Å². The molecule has 1 aliphatic rings. The van der Waals surface area contributed by atoms with Crippen LogP contribution in [-0.2, 0) is 9.53 Å². The van der Waals surface area contributed by atoms with Gasteiger partial charge in [0, 0.05) is 32.7 Å². The monoisotopic (exact) mass is 306 g/mol. The minimum Gasteiger partial charge on any atom is -0.383 e.